The van der Waals surface area contributed by atoms with Crippen molar-refractivity contribution in [2.45, 2.75) is 50.9 Å². The van der Waals surface area contributed by atoms with E-state index in [0.29, 0.717) is 6.10 Å². The molecular formula is C14H22OSi. The zero-order valence-corrected chi connectivity index (χ0v) is 11.4. The predicted octanol–water partition coefficient (Wildman–Crippen LogP) is 4.52. The van der Waals surface area contributed by atoms with E-state index in [1.807, 2.05) is 0 Å². The van der Waals surface area contributed by atoms with E-state index in [0.717, 1.165) is 0 Å². The van der Waals surface area contributed by atoms with Gasteiger partial charge in [-0.25, -0.2) is 0 Å². The molecule has 2 atom stereocenters. The molecule has 0 aromatic heterocycles. The van der Waals surface area contributed by atoms with Gasteiger partial charge in [0.05, 0.1) is 6.10 Å². The molecule has 0 aliphatic carbocycles. The minimum atomic E-state index is -1.38. The lowest BCUT2D eigenvalue weighted by molar-refractivity contribution is 0.160. The maximum absolute atomic E-state index is 6.44. The van der Waals surface area contributed by atoms with Crippen LogP contribution in [0.4, 0.5) is 0 Å². The van der Waals surface area contributed by atoms with Crippen molar-refractivity contribution in [1.82, 2.24) is 0 Å². The molecule has 2 heteroatoms. The van der Waals surface area contributed by atoms with Gasteiger partial charge in [0.25, 0.3) is 0 Å². The third kappa shape index (κ3) is 2.74. The topological polar surface area (TPSA) is 9.23 Å². The fourth-order valence-corrected chi connectivity index (χ4v) is 6.17. The third-order valence-corrected chi connectivity index (χ3v) is 7.37. The van der Waals surface area contributed by atoms with Crippen LogP contribution in [0.2, 0.25) is 18.6 Å². The SMILES string of the molecule is CCC[Si]1(C)CCCC(c2ccccc2)O1. The molecule has 1 aliphatic heterocycles. The van der Waals surface area contributed by atoms with Crippen molar-refractivity contribution < 1.29 is 4.43 Å². The molecule has 1 nitrogen and oxygen atoms in total. The minimum Gasteiger partial charge on any atom is -0.410 e. The second-order valence-electron chi connectivity index (χ2n) is 5.11. The summed E-state index contributed by atoms with van der Waals surface area (Å²) in [5, 5.41) is 0. The van der Waals surface area contributed by atoms with Crippen LogP contribution in [0.15, 0.2) is 30.3 Å². The van der Waals surface area contributed by atoms with Gasteiger partial charge in [-0.1, -0.05) is 50.1 Å². The highest BCUT2D eigenvalue weighted by molar-refractivity contribution is 6.72. The molecule has 1 saturated heterocycles. The molecule has 0 radical (unpaired) electrons. The second kappa shape index (κ2) is 5.15. The smallest absolute Gasteiger partial charge is 0.190 e. The zero-order chi connectivity index (χ0) is 11.4. The molecule has 88 valence electrons. The normalized spacial score (nSPS) is 30.2. The van der Waals surface area contributed by atoms with Crippen molar-refractivity contribution in [2.75, 3.05) is 0 Å². The zero-order valence-electron chi connectivity index (χ0n) is 10.4. The Hall–Kier alpha value is -0.603. The van der Waals surface area contributed by atoms with Crippen LogP contribution >= 0.6 is 0 Å². The van der Waals surface area contributed by atoms with Gasteiger partial charge in [0.15, 0.2) is 8.32 Å². The van der Waals surface area contributed by atoms with Gasteiger partial charge in [-0.05, 0) is 30.6 Å². The van der Waals surface area contributed by atoms with E-state index in [-0.39, 0.29) is 0 Å². The first-order valence-corrected chi connectivity index (χ1v) is 9.28. The lowest BCUT2D eigenvalue weighted by Crippen LogP contribution is -2.38. The summed E-state index contributed by atoms with van der Waals surface area (Å²) in [6, 6.07) is 13.4. The van der Waals surface area contributed by atoms with Crippen molar-refractivity contribution in [3.8, 4) is 0 Å². The van der Waals surface area contributed by atoms with Gasteiger partial charge < -0.3 is 4.43 Å². The number of hydrogen-bond acceptors (Lipinski definition) is 1. The quantitative estimate of drug-likeness (QED) is 0.699. The molecule has 0 bridgehead atoms. The van der Waals surface area contributed by atoms with Gasteiger partial charge in [-0.2, -0.15) is 0 Å². The Morgan fingerprint density at radius 1 is 1.31 bits per heavy atom. The summed E-state index contributed by atoms with van der Waals surface area (Å²) in [4.78, 5) is 0. The van der Waals surface area contributed by atoms with Gasteiger partial charge in [0.1, 0.15) is 0 Å². The van der Waals surface area contributed by atoms with Crippen LogP contribution in [-0.4, -0.2) is 8.32 Å². The number of rotatable bonds is 3. The summed E-state index contributed by atoms with van der Waals surface area (Å²) in [5.74, 6) is 0. The average Bonchev–Trinajstić information content (AvgIpc) is 2.30. The molecule has 1 heterocycles. The molecule has 2 unspecified atom stereocenters. The van der Waals surface area contributed by atoms with Crippen molar-refractivity contribution in [3.05, 3.63) is 35.9 Å². The molecule has 0 amide bonds. The third-order valence-electron chi connectivity index (χ3n) is 3.55. The monoisotopic (exact) mass is 234 g/mol. The van der Waals surface area contributed by atoms with Crippen molar-refractivity contribution >= 4 is 8.32 Å². The van der Waals surface area contributed by atoms with E-state index in [4.69, 9.17) is 4.43 Å². The van der Waals surface area contributed by atoms with E-state index < -0.39 is 8.32 Å². The summed E-state index contributed by atoms with van der Waals surface area (Å²) in [6.45, 7) is 4.68. The first-order valence-electron chi connectivity index (χ1n) is 6.46. The van der Waals surface area contributed by atoms with Gasteiger partial charge in [-0.15, -0.1) is 0 Å². The van der Waals surface area contributed by atoms with Crippen LogP contribution in [-0.2, 0) is 4.43 Å². The average molecular weight is 234 g/mol. The first kappa shape index (κ1) is 11.9. The van der Waals surface area contributed by atoms with Gasteiger partial charge in [0.2, 0.25) is 0 Å². The molecule has 16 heavy (non-hydrogen) atoms. The highest BCUT2D eigenvalue weighted by Gasteiger charge is 2.35. The van der Waals surface area contributed by atoms with E-state index in [1.165, 1.54) is 36.9 Å². The first-order chi connectivity index (χ1) is 7.73. The van der Waals surface area contributed by atoms with Gasteiger partial charge >= 0.3 is 0 Å². The predicted molar refractivity (Wildman–Crippen MR) is 71.0 cm³/mol. The Morgan fingerprint density at radius 3 is 2.75 bits per heavy atom. The minimum absolute atomic E-state index is 0.373. The summed E-state index contributed by atoms with van der Waals surface area (Å²) in [5.41, 5.74) is 1.37. The maximum Gasteiger partial charge on any atom is 0.190 e. The molecule has 1 aliphatic rings. The van der Waals surface area contributed by atoms with Crippen LogP contribution in [0.5, 0.6) is 0 Å². The Bertz CT molecular complexity index is 321. The van der Waals surface area contributed by atoms with Crippen LogP contribution in [0, 0.1) is 0 Å². The van der Waals surface area contributed by atoms with Gasteiger partial charge in [0, 0.05) is 0 Å². The van der Waals surface area contributed by atoms with Gasteiger partial charge in [-0.3, -0.25) is 0 Å². The molecule has 1 aromatic rings. The molecule has 0 saturated carbocycles. The van der Waals surface area contributed by atoms with Crippen LogP contribution in [0.3, 0.4) is 0 Å². The molecule has 1 aromatic carbocycles. The van der Waals surface area contributed by atoms with Crippen molar-refractivity contribution in [1.29, 1.82) is 0 Å². The summed E-state index contributed by atoms with van der Waals surface area (Å²) >= 11 is 0. The molecular weight excluding hydrogens is 212 g/mol. The van der Waals surface area contributed by atoms with Crippen LogP contribution in [0.1, 0.15) is 37.9 Å². The Balaban J connectivity index is 2.07. The summed E-state index contributed by atoms with van der Waals surface area (Å²) in [6.07, 6.45) is 4.20. The lowest BCUT2D eigenvalue weighted by Gasteiger charge is -2.37. The molecule has 1 fully saturated rings. The molecule has 2 rings (SSSR count). The van der Waals surface area contributed by atoms with E-state index >= 15 is 0 Å². The fourth-order valence-electron chi connectivity index (χ4n) is 2.74. The fraction of sp³-hybridized carbons (Fsp3) is 0.571. The Morgan fingerprint density at radius 2 is 2.06 bits per heavy atom. The van der Waals surface area contributed by atoms with Crippen LogP contribution in [0.25, 0.3) is 0 Å². The number of benzene rings is 1. The largest absolute Gasteiger partial charge is 0.410 e. The standard InChI is InChI=1S/C14H22OSi/c1-3-11-16(2)12-7-10-14(15-16)13-8-5-4-6-9-13/h4-6,8-9,14H,3,7,10-12H2,1-2H3. The molecule has 0 N–H and O–H groups in total. The van der Waals surface area contributed by atoms with Crippen molar-refractivity contribution in [2.24, 2.45) is 0 Å². The van der Waals surface area contributed by atoms with E-state index in [2.05, 4.69) is 43.8 Å². The highest BCUT2D eigenvalue weighted by Crippen LogP contribution is 2.37. The summed E-state index contributed by atoms with van der Waals surface area (Å²) in [7, 11) is -1.38. The Kier molecular flexibility index (Phi) is 3.82. The maximum atomic E-state index is 6.44. The summed E-state index contributed by atoms with van der Waals surface area (Å²) < 4.78 is 6.44. The highest BCUT2D eigenvalue weighted by atomic mass is 28.4. The van der Waals surface area contributed by atoms with E-state index in [9.17, 15) is 0 Å². The number of hydrogen-bond donors (Lipinski definition) is 0. The molecule has 0 spiro atoms. The van der Waals surface area contributed by atoms with E-state index in [1.54, 1.807) is 0 Å². The lowest BCUT2D eigenvalue weighted by atomic mass is 10.1. The van der Waals surface area contributed by atoms with Crippen LogP contribution < -0.4 is 0 Å². The Labute approximate surface area is 100.0 Å². The van der Waals surface area contributed by atoms with Crippen molar-refractivity contribution in [3.63, 3.8) is 0 Å². The second-order valence-corrected chi connectivity index (χ2v) is 9.24.